The van der Waals surface area contributed by atoms with Crippen molar-refractivity contribution in [2.45, 2.75) is 6.36 Å². The second-order valence-corrected chi connectivity index (χ2v) is 5.44. The lowest BCUT2D eigenvalue weighted by Crippen LogP contribution is -2.17. The number of hydrogen-bond acceptors (Lipinski definition) is 6. The Morgan fingerprint density at radius 1 is 1.00 bits per heavy atom. The van der Waals surface area contributed by atoms with E-state index in [1.165, 1.54) is 42.6 Å². The summed E-state index contributed by atoms with van der Waals surface area (Å²) >= 11 is 0. The molecule has 0 aliphatic heterocycles. The van der Waals surface area contributed by atoms with Crippen LogP contribution in [0.1, 0.15) is 10.4 Å². The number of halogens is 3. The van der Waals surface area contributed by atoms with Gasteiger partial charge in [-0.25, -0.2) is 9.78 Å². The van der Waals surface area contributed by atoms with Crippen molar-refractivity contribution in [2.75, 3.05) is 10.6 Å². The van der Waals surface area contributed by atoms with E-state index in [0.29, 0.717) is 5.69 Å². The van der Waals surface area contributed by atoms with Gasteiger partial charge in [0, 0.05) is 11.9 Å². The standard InChI is InChI=1S/C18H13F3N4O3/c19-18(20,21)28-14-4-2-1-3-13(14)24-15-9-10-22-17(25-15)23-12-7-5-11(6-8-12)16(26)27/h1-10H,(H,26,27)(H2,22,23,24,25). The van der Waals surface area contributed by atoms with E-state index < -0.39 is 18.1 Å². The normalized spacial score (nSPS) is 11.0. The van der Waals surface area contributed by atoms with E-state index in [2.05, 4.69) is 25.3 Å². The van der Waals surface area contributed by atoms with Crippen LogP contribution in [0.4, 0.5) is 36.3 Å². The van der Waals surface area contributed by atoms with Crippen molar-refractivity contribution < 1.29 is 27.8 Å². The minimum atomic E-state index is -4.82. The predicted octanol–water partition coefficient (Wildman–Crippen LogP) is 4.56. The van der Waals surface area contributed by atoms with Gasteiger partial charge < -0.3 is 20.5 Å². The minimum absolute atomic E-state index is 0.0790. The number of aromatic carboxylic acids is 1. The molecule has 0 spiro atoms. The van der Waals surface area contributed by atoms with Crippen LogP contribution in [-0.2, 0) is 0 Å². The fourth-order valence-electron chi connectivity index (χ4n) is 2.24. The Hall–Kier alpha value is -3.82. The highest BCUT2D eigenvalue weighted by Gasteiger charge is 2.32. The van der Waals surface area contributed by atoms with Crippen molar-refractivity contribution in [1.29, 1.82) is 0 Å². The zero-order valence-corrected chi connectivity index (χ0v) is 14.1. The maximum Gasteiger partial charge on any atom is 0.573 e. The molecule has 0 bridgehead atoms. The van der Waals surface area contributed by atoms with Gasteiger partial charge in [0.1, 0.15) is 5.82 Å². The van der Waals surface area contributed by atoms with Crippen LogP contribution in [0, 0.1) is 0 Å². The van der Waals surface area contributed by atoms with E-state index in [1.807, 2.05) is 0 Å². The summed E-state index contributed by atoms with van der Waals surface area (Å²) < 4.78 is 41.6. The van der Waals surface area contributed by atoms with Crippen molar-refractivity contribution >= 4 is 29.1 Å². The molecule has 7 nitrogen and oxygen atoms in total. The van der Waals surface area contributed by atoms with E-state index in [0.717, 1.165) is 0 Å². The van der Waals surface area contributed by atoms with Gasteiger partial charge in [0.25, 0.3) is 0 Å². The molecule has 3 aromatic rings. The number of rotatable bonds is 6. The second-order valence-electron chi connectivity index (χ2n) is 5.44. The third kappa shape index (κ3) is 5.10. The van der Waals surface area contributed by atoms with E-state index in [9.17, 15) is 18.0 Å². The Morgan fingerprint density at radius 3 is 2.39 bits per heavy atom. The zero-order chi connectivity index (χ0) is 20.1. The molecule has 0 fully saturated rings. The number of anilines is 4. The minimum Gasteiger partial charge on any atom is -0.478 e. The van der Waals surface area contributed by atoms with E-state index in [4.69, 9.17) is 5.11 Å². The molecule has 0 saturated heterocycles. The van der Waals surface area contributed by atoms with Crippen LogP contribution in [0.25, 0.3) is 0 Å². The number of hydrogen-bond donors (Lipinski definition) is 3. The summed E-state index contributed by atoms with van der Waals surface area (Å²) in [5, 5.41) is 14.5. The highest BCUT2D eigenvalue weighted by Crippen LogP contribution is 2.31. The summed E-state index contributed by atoms with van der Waals surface area (Å²) in [6, 6.07) is 13.0. The van der Waals surface area contributed by atoms with Gasteiger partial charge in [-0.15, -0.1) is 13.2 Å². The molecule has 1 heterocycles. The Kier molecular flexibility index (Phi) is 5.30. The SMILES string of the molecule is O=C(O)c1ccc(Nc2nccc(Nc3ccccc3OC(F)(F)F)n2)cc1. The zero-order valence-electron chi connectivity index (χ0n) is 14.1. The molecule has 10 heteroatoms. The summed E-state index contributed by atoms with van der Waals surface area (Å²) in [5.41, 5.74) is 0.751. The molecule has 3 N–H and O–H groups in total. The molecule has 3 rings (SSSR count). The van der Waals surface area contributed by atoms with Crippen molar-refractivity contribution in [3.05, 3.63) is 66.4 Å². The van der Waals surface area contributed by atoms with Crippen LogP contribution in [0.2, 0.25) is 0 Å². The topological polar surface area (TPSA) is 96.4 Å². The third-order valence-corrected chi connectivity index (χ3v) is 3.42. The van der Waals surface area contributed by atoms with Crippen LogP contribution in [0.15, 0.2) is 60.8 Å². The lowest BCUT2D eigenvalue weighted by Gasteiger charge is -2.14. The van der Waals surface area contributed by atoms with Gasteiger partial charge in [0.15, 0.2) is 5.75 Å². The average Bonchev–Trinajstić information content (AvgIpc) is 2.63. The summed E-state index contributed by atoms with van der Waals surface area (Å²) in [7, 11) is 0. The van der Waals surface area contributed by atoms with Crippen molar-refractivity contribution in [2.24, 2.45) is 0 Å². The Morgan fingerprint density at radius 2 is 1.71 bits per heavy atom. The van der Waals surface area contributed by atoms with Crippen molar-refractivity contribution in [1.82, 2.24) is 9.97 Å². The number of alkyl halides is 3. The van der Waals surface area contributed by atoms with E-state index in [1.54, 1.807) is 18.2 Å². The number of nitrogens with zero attached hydrogens (tertiary/aromatic N) is 2. The molecular weight excluding hydrogens is 377 g/mol. The lowest BCUT2D eigenvalue weighted by atomic mass is 10.2. The first kappa shape index (κ1) is 19.0. The van der Waals surface area contributed by atoms with Gasteiger partial charge in [-0.2, -0.15) is 4.98 Å². The molecule has 2 aromatic carbocycles. The number of para-hydroxylation sites is 2. The number of nitrogens with one attached hydrogen (secondary N) is 2. The monoisotopic (exact) mass is 390 g/mol. The predicted molar refractivity (Wildman–Crippen MR) is 95.1 cm³/mol. The maximum atomic E-state index is 12.5. The molecule has 0 atom stereocenters. The fourth-order valence-corrected chi connectivity index (χ4v) is 2.24. The number of carboxylic acids is 1. The summed E-state index contributed by atoms with van der Waals surface area (Å²) in [6.45, 7) is 0. The summed E-state index contributed by atoms with van der Waals surface area (Å²) in [6.07, 6.45) is -3.41. The largest absolute Gasteiger partial charge is 0.573 e. The lowest BCUT2D eigenvalue weighted by molar-refractivity contribution is -0.274. The van der Waals surface area contributed by atoms with Gasteiger partial charge in [0.05, 0.1) is 11.3 Å². The van der Waals surface area contributed by atoms with E-state index in [-0.39, 0.29) is 23.0 Å². The number of carbonyl (C=O) groups is 1. The molecule has 1 aromatic heterocycles. The van der Waals surface area contributed by atoms with Crippen LogP contribution in [-0.4, -0.2) is 27.4 Å². The molecule has 0 saturated carbocycles. The van der Waals surface area contributed by atoms with Crippen molar-refractivity contribution in [3.8, 4) is 5.75 Å². The molecule has 0 aliphatic rings. The van der Waals surface area contributed by atoms with Crippen LogP contribution in [0.5, 0.6) is 5.75 Å². The first-order valence-corrected chi connectivity index (χ1v) is 7.85. The van der Waals surface area contributed by atoms with Crippen LogP contribution in [0.3, 0.4) is 0 Å². The number of ether oxygens (including phenoxy) is 1. The molecule has 0 unspecified atom stereocenters. The molecule has 28 heavy (non-hydrogen) atoms. The highest BCUT2D eigenvalue weighted by atomic mass is 19.4. The molecule has 144 valence electrons. The second kappa shape index (κ2) is 7.82. The highest BCUT2D eigenvalue weighted by molar-refractivity contribution is 5.88. The number of aromatic nitrogens is 2. The Bertz CT molecular complexity index is 978. The van der Waals surface area contributed by atoms with Gasteiger partial charge >= 0.3 is 12.3 Å². The number of carboxylic acid groups (broad SMARTS) is 1. The molecular formula is C18H13F3N4O3. The van der Waals surface area contributed by atoms with Crippen LogP contribution >= 0.6 is 0 Å². The average molecular weight is 390 g/mol. The summed E-state index contributed by atoms with van der Waals surface area (Å²) in [5.74, 6) is -1.04. The molecule has 0 amide bonds. The molecule has 0 radical (unpaired) electrons. The van der Waals surface area contributed by atoms with Crippen molar-refractivity contribution in [3.63, 3.8) is 0 Å². The first-order chi connectivity index (χ1) is 13.3. The van der Waals surface area contributed by atoms with Gasteiger partial charge in [-0.3, -0.25) is 0 Å². The van der Waals surface area contributed by atoms with Gasteiger partial charge in [-0.1, -0.05) is 12.1 Å². The maximum absolute atomic E-state index is 12.5. The fraction of sp³-hybridized carbons (Fsp3) is 0.0556. The summed E-state index contributed by atoms with van der Waals surface area (Å²) in [4.78, 5) is 19.1. The van der Waals surface area contributed by atoms with Crippen LogP contribution < -0.4 is 15.4 Å². The molecule has 0 aliphatic carbocycles. The Balaban J connectivity index is 1.76. The smallest absolute Gasteiger partial charge is 0.478 e. The van der Waals surface area contributed by atoms with Gasteiger partial charge in [-0.05, 0) is 42.5 Å². The first-order valence-electron chi connectivity index (χ1n) is 7.85. The third-order valence-electron chi connectivity index (χ3n) is 3.42. The van der Waals surface area contributed by atoms with E-state index >= 15 is 0 Å². The Labute approximate surface area is 156 Å². The van der Waals surface area contributed by atoms with Gasteiger partial charge in [0.2, 0.25) is 5.95 Å². The number of benzene rings is 2. The quantitative estimate of drug-likeness (QED) is 0.568.